The van der Waals surface area contributed by atoms with E-state index in [0.29, 0.717) is 0 Å². The molecular formula is C12H18. The summed E-state index contributed by atoms with van der Waals surface area (Å²) in [4.78, 5) is 0. The Morgan fingerprint density at radius 3 is 2.92 bits per heavy atom. The molecule has 0 bridgehead atoms. The van der Waals surface area contributed by atoms with Crippen molar-refractivity contribution in [3.8, 4) is 0 Å². The van der Waals surface area contributed by atoms with Crippen molar-refractivity contribution in [2.75, 3.05) is 0 Å². The number of allylic oxidation sites excluding steroid dienone is 6. The maximum atomic E-state index is 2.37. The van der Waals surface area contributed by atoms with Crippen LogP contribution in [-0.4, -0.2) is 0 Å². The molecule has 1 aliphatic carbocycles. The minimum absolute atomic E-state index is 1.13. The van der Waals surface area contributed by atoms with Crippen LogP contribution < -0.4 is 0 Å². The Balaban J connectivity index is 2.18. The van der Waals surface area contributed by atoms with Crippen molar-refractivity contribution in [3.05, 3.63) is 36.0 Å². The first-order valence-electron chi connectivity index (χ1n) is 4.95. The van der Waals surface area contributed by atoms with E-state index in [1.165, 1.54) is 31.3 Å². The van der Waals surface area contributed by atoms with Gasteiger partial charge in [0, 0.05) is 0 Å². The van der Waals surface area contributed by atoms with Crippen molar-refractivity contribution in [3.63, 3.8) is 0 Å². The molecule has 0 radical (unpaired) electrons. The summed E-state index contributed by atoms with van der Waals surface area (Å²) in [6.45, 7) is 2.25. The summed E-state index contributed by atoms with van der Waals surface area (Å²) >= 11 is 0. The first kappa shape index (κ1) is 9.31. The van der Waals surface area contributed by atoms with Gasteiger partial charge in [-0.3, -0.25) is 0 Å². The predicted octanol–water partition coefficient (Wildman–Crippen LogP) is 4.01. The molecule has 0 saturated carbocycles. The van der Waals surface area contributed by atoms with E-state index < -0.39 is 0 Å². The van der Waals surface area contributed by atoms with Gasteiger partial charge in [-0.25, -0.2) is 0 Å². The van der Waals surface area contributed by atoms with Gasteiger partial charge >= 0.3 is 0 Å². The predicted molar refractivity (Wildman–Crippen MR) is 55.1 cm³/mol. The van der Waals surface area contributed by atoms with Crippen LogP contribution >= 0.6 is 0 Å². The minimum Gasteiger partial charge on any atom is -0.0810 e. The molecule has 0 aliphatic heterocycles. The van der Waals surface area contributed by atoms with Crippen LogP contribution in [0.2, 0.25) is 0 Å². The quantitative estimate of drug-likeness (QED) is 0.548. The van der Waals surface area contributed by atoms with Crippen LogP contribution in [0.1, 0.15) is 39.0 Å². The van der Waals surface area contributed by atoms with Crippen LogP contribution in [-0.2, 0) is 0 Å². The molecule has 66 valence electrons. The lowest BCUT2D eigenvalue weighted by molar-refractivity contribution is 0.727. The van der Waals surface area contributed by atoms with Gasteiger partial charge in [0.15, 0.2) is 0 Å². The van der Waals surface area contributed by atoms with Crippen molar-refractivity contribution in [2.24, 2.45) is 0 Å². The molecule has 0 atom stereocenters. The van der Waals surface area contributed by atoms with Gasteiger partial charge in [-0.2, -0.15) is 0 Å². The first-order valence-corrected chi connectivity index (χ1v) is 4.95. The lowest BCUT2D eigenvalue weighted by Gasteiger charge is -2.01. The van der Waals surface area contributed by atoms with E-state index in [0.717, 1.165) is 6.42 Å². The Labute approximate surface area is 75.7 Å². The van der Waals surface area contributed by atoms with Gasteiger partial charge in [-0.15, -0.1) is 0 Å². The van der Waals surface area contributed by atoms with E-state index in [1.807, 2.05) is 0 Å². The van der Waals surface area contributed by atoms with Crippen molar-refractivity contribution in [1.29, 1.82) is 0 Å². The fraction of sp³-hybridized carbons (Fsp3) is 0.500. The Bertz CT molecular complexity index is 194. The standard InChI is InChI=1S/C12H18/c1-2-3-4-6-9-12-10-7-5-8-11-12/h5,7-10H,2-4,6,11H2,1H3. The monoisotopic (exact) mass is 162 g/mol. The number of hydrogen-bond donors (Lipinski definition) is 0. The molecule has 0 spiro atoms. The molecule has 0 aromatic heterocycles. The summed E-state index contributed by atoms with van der Waals surface area (Å²) in [5, 5.41) is 0. The van der Waals surface area contributed by atoms with Gasteiger partial charge in [-0.05, 0) is 24.8 Å². The molecule has 1 rings (SSSR count). The van der Waals surface area contributed by atoms with Gasteiger partial charge in [-0.1, -0.05) is 50.1 Å². The minimum atomic E-state index is 1.13. The molecule has 0 amide bonds. The zero-order valence-electron chi connectivity index (χ0n) is 7.92. The van der Waals surface area contributed by atoms with Crippen molar-refractivity contribution < 1.29 is 0 Å². The van der Waals surface area contributed by atoms with Crippen LogP contribution in [0.4, 0.5) is 0 Å². The number of rotatable bonds is 4. The second kappa shape index (κ2) is 5.82. The van der Waals surface area contributed by atoms with Gasteiger partial charge < -0.3 is 0 Å². The van der Waals surface area contributed by atoms with E-state index >= 15 is 0 Å². The Kier molecular flexibility index (Phi) is 4.51. The van der Waals surface area contributed by atoms with Crippen molar-refractivity contribution in [1.82, 2.24) is 0 Å². The lowest BCUT2D eigenvalue weighted by atomic mass is 10.1. The lowest BCUT2D eigenvalue weighted by Crippen LogP contribution is -1.81. The van der Waals surface area contributed by atoms with E-state index in [4.69, 9.17) is 0 Å². The Morgan fingerprint density at radius 1 is 1.33 bits per heavy atom. The molecule has 0 fully saturated rings. The third kappa shape index (κ3) is 3.56. The van der Waals surface area contributed by atoms with Crippen LogP contribution in [0.5, 0.6) is 0 Å². The van der Waals surface area contributed by atoms with E-state index in [1.54, 1.807) is 0 Å². The molecule has 0 aromatic carbocycles. The van der Waals surface area contributed by atoms with Gasteiger partial charge in [0.1, 0.15) is 0 Å². The maximum absolute atomic E-state index is 2.37. The zero-order valence-corrected chi connectivity index (χ0v) is 7.92. The summed E-state index contributed by atoms with van der Waals surface area (Å²) in [6, 6.07) is 0. The molecule has 12 heavy (non-hydrogen) atoms. The summed E-state index contributed by atoms with van der Waals surface area (Å²) in [5.74, 6) is 0. The topological polar surface area (TPSA) is 0 Å². The maximum Gasteiger partial charge on any atom is -0.00975 e. The van der Waals surface area contributed by atoms with Gasteiger partial charge in [0.25, 0.3) is 0 Å². The van der Waals surface area contributed by atoms with Crippen molar-refractivity contribution in [2.45, 2.75) is 39.0 Å². The average Bonchev–Trinajstić information content (AvgIpc) is 2.14. The SMILES string of the molecule is CCCCCC=C1C=CC=CC1. The van der Waals surface area contributed by atoms with E-state index in [9.17, 15) is 0 Å². The normalized spacial score (nSPS) is 18.9. The Hall–Kier alpha value is -0.780. The van der Waals surface area contributed by atoms with Crippen LogP contribution in [0.15, 0.2) is 36.0 Å². The highest BCUT2D eigenvalue weighted by Crippen LogP contribution is 2.12. The Morgan fingerprint density at radius 2 is 2.25 bits per heavy atom. The van der Waals surface area contributed by atoms with Crippen molar-refractivity contribution >= 4 is 0 Å². The third-order valence-electron chi connectivity index (χ3n) is 2.13. The molecular weight excluding hydrogens is 144 g/mol. The summed E-state index contributed by atoms with van der Waals surface area (Å²) in [5.41, 5.74) is 1.48. The molecule has 0 saturated heterocycles. The third-order valence-corrected chi connectivity index (χ3v) is 2.13. The smallest absolute Gasteiger partial charge is 0.00975 e. The first-order chi connectivity index (χ1) is 5.93. The fourth-order valence-electron chi connectivity index (χ4n) is 1.36. The molecule has 1 aliphatic rings. The fourth-order valence-corrected chi connectivity index (χ4v) is 1.36. The molecule has 0 heterocycles. The molecule has 0 unspecified atom stereocenters. The second-order valence-electron chi connectivity index (χ2n) is 3.27. The highest BCUT2D eigenvalue weighted by atomic mass is 14.0. The molecule has 0 aromatic rings. The molecule has 0 heteroatoms. The second-order valence-corrected chi connectivity index (χ2v) is 3.27. The van der Waals surface area contributed by atoms with Crippen LogP contribution in [0.25, 0.3) is 0 Å². The van der Waals surface area contributed by atoms with E-state index in [-0.39, 0.29) is 0 Å². The van der Waals surface area contributed by atoms with E-state index in [2.05, 4.69) is 37.3 Å². The highest BCUT2D eigenvalue weighted by Gasteiger charge is 1.92. The number of unbranched alkanes of at least 4 members (excludes halogenated alkanes) is 3. The average molecular weight is 162 g/mol. The molecule has 0 N–H and O–H groups in total. The van der Waals surface area contributed by atoms with Gasteiger partial charge in [0.05, 0.1) is 0 Å². The summed E-state index contributed by atoms with van der Waals surface area (Å²) in [7, 11) is 0. The summed E-state index contributed by atoms with van der Waals surface area (Å²) < 4.78 is 0. The highest BCUT2D eigenvalue weighted by molar-refractivity contribution is 5.29. The molecule has 0 nitrogen and oxygen atoms in total. The summed E-state index contributed by atoms with van der Waals surface area (Å²) in [6.07, 6.45) is 17.4. The number of hydrogen-bond acceptors (Lipinski definition) is 0. The van der Waals surface area contributed by atoms with Crippen LogP contribution in [0, 0.1) is 0 Å². The largest absolute Gasteiger partial charge is 0.0810 e. The van der Waals surface area contributed by atoms with Crippen LogP contribution in [0.3, 0.4) is 0 Å². The van der Waals surface area contributed by atoms with Gasteiger partial charge in [0.2, 0.25) is 0 Å². The zero-order chi connectivity index (χ0) is 8.65.